The van der Waals surface area contributed by atoms with E-state index in [0.717, 1.165) is 0 Å². The van der Waals surface area contributed by atoms with Crippen LogP contribution >= 0.6 is 0 Å². The summed E-state index contributed by atoms with van der Waals surface area (Å²) in [5, 5.41) is 32.5. The van der Waals surface area contributed by atoms with Crippen molar-refractivity contribution in [1.29, 1.82) is 0 Å². The van der Waals surface area contributed by atoms with Crippen molar-refractivity contribution >= 4 is 11.9 Å². The molecule has 0 saturated carbocycles. The van der Waals surface area contributed by atoms with E-state index in [4.69, 9.17) is 20.4 Å². The molecule has 0 radical (unpaired) electrons. The Morgan fingerprint density at radius 1 is 0.824 bits per heavy atom. The second-order valence-electron chi connectivity index (χ2n) is 3.63. The fourth-order valence-corrected chi connectivity index (χ4v) is 0.947. The molecule has 0 aliphatic heterocycles. The first kappa shape index (κ1) is 18.2. The minimum Gasteiger partial charge on any atom is -0.479 e. The van der Waals surface area contributed by atoms with Gasteiger partial charge < -0.3 is 20.4 Å². The van der Waals surface area contributed by atoms with Crippen LogP contribution in [0, 0.1) is 0 Å². The number of carbonyl (C=O) groups is 2. The van der Waals surface area contributed by atoms with E-state index in [-0.39, 0.29) is 0 Å². The average molecular weight is 250 g/mol. The molecule has 102 valence electrons. The molecule has 0 aromatic rings. The fraction of sp³-hybridized carbons (Fsp3) is 0.818. The van der Waals surface area contributed by atoms with Crippen molar-refractivity contribution in [2.45, 2.75) is 58.2 Å². The third-order valence-corrected chi connectivity index (χ3v) is 2.01. The van der Waals surface area contributed by atoms with Gasteiger partial charge in [-0.2, -0.15) is 0 Å². The first-order valence-electron chi connectivity index (χ1n) is 5.70. The zero-order valence-corrected chi connectivity index (χ0v) is 10.3. The lowest BCUT2D eigenvalue weighted by atomic mass is 10.2. The first-order chi connectivity index (χ1) is 7.88. The maximum Gasteiger partial charge on any atom is 0.335 e. The number of aliphatic carboxylic acids is 2. The van der Waals surface area contributed by atoms with Crippen LogP contribution in [0.3, 0.4) is 0 Å². The molecule has 0 saturated heterocycles. The molecule has 0 bridgehead atoms. The molecule has 0 aliphatic carbocycles. The molecule has 0 amide bonds. The summed E-state index contributed by atoms with van der Waals surface area (Å²) in [6.45, 7) is 4.49. The summed E-state index contributed by atoms with van der Waals surface area (Å²) >= 11 is 0. The molecule has 0 aromatic heterocycles. The van der Waals surface area contributed by atoms with Crippen LogP contribution in [0.5, 0.6) is 0 Å². The van der Waals surface area contributed by atoms with Gasteiger partial charge in [-0.05, 0) is 0 Å². The number of carboxylic acids is 2. The van der Waals surface area contributed by atoms with E-state index in [1.807, 2.05) is 0 Å². The van der Waals surface area contributed by atoms with Gasteiger partial charge in [-0.15, -0.1) is 0 Å². The number of hydrogen-bond donors (Lipinski definition) is 4. The van der Waals surface area contributed by atoms with Crippen molar-refractivity contribution in [2.24, 2.45) is 0 Å². The normalized spacial score (nSPS) is 13.2. The van der Waals surface area contributed by atoms with Crippen molar-refractivity contribution < 1.29 is 30.0 Å². The minimum absolute atomic E-state index is 1.36. The lowest BCUT2D eigenvalue weighted by molar-refractivity contribution is -0.165. The molecule has 17 heavy (non-hydrogen) atoms. The highest BCUT2D eigenvalue weighted by Crippen LogP contribution is 2.00. The summed E-state index contributed by atoms with van der Waals surface area (Å²) < 4.78 is 0. The fourth-order valence-electron chi connectivity index (χ4n) is 0.947. The second-order valence-corrected chi connectivity index (χ2v) is 3.63. The maximum atomic E-state index is 9.77. The van der Waals surface area contributed by atoms with Gasteiger partial charge in [0.1, 0.15) is 0 Å². The molecule has 6 heteroatoms. The summed E-state index contributed by atoms with van der Waals surface area (Å²) in [5.74, 6) is -3.54. The van der Waals surface area contributed by atoms with E-state index in [1.165, 1.54) is 32.1 Å². The van der Waals surface area contributed by atoms with Gasteiger partial charge in [-0.3, -0.25) is 0 Å². The number of carboxylic acid groups (broad SMARTS) is 2. The molecular weight excluding hydrogens is 228 g/mol. The molecule has 0 rings (SSSR count). The quantitative estimate of drug-likeness (QED) is 0.498. The predicted octanol–water partition coefficient (Wildman–Crippen LogP) is 0.854. The highest BCUT2D eigenvalue weighted by Gasteiger charge is 2.29. The van der Waals surface area contributed by atoms with E-state index >= 15 is 0 Å². The van der Waals surface area contributed by atoms with Crippen molar-refractivity contribution in [3.63, 3.8) is 0 Å². The molecule has 2 atom stereocenters. The third-order valence-electron chi connectivity index (χ3n) is 2.01. The van der Waals surface area contributed by atoms with Crippen LogP contribution in [0.4, 0.5) is 0 Å². The number of aliphatic hydroxyl groups is 2. The molecular formula is C11H22O6. The van der Waals surface area contributed by atoms with Gasteiger partial charge in [0.25, 0.3) is 0 Å². The Morgan fingerprint density at radius 3 is 1.29 bits per heavy atom. The van der Waals surface area contributed by atoms with Crippen LogP contribution in [-0.2, 0) is 9.59 Å². The van der Waals surface area contributed by atoms with Gasteiger partial charge in [0.15, 0.2) is 12.2 Å². The SMILES string of the molecule is CCCCCCC.O=C(O)[C@H](O)[C@@H](O)C(=O)O. The standard InChI is InChI=1S/C7H16.C4H6O6/c1-3-5-7-6-4-2;5-1(3(7)8)2(6)4(9)10/h3-7H2,1-2H3;1-2,5-6H,(H,7,8)(H,9,10)/t;1-,2-/m.1/s1. The Hall–Kier alpha value is -1.14. The number of hydrogen-bond acceptors (Lipinski definition) is 4. The van der Waals surface area contributed by atoms with Crippen molar-refractivity contribution in [1.82, 2.24) is 0 Å². The number of unbranched alkanes of at least 4 members (excludes halogenated alkanes) is 4. The van der Waals surface area contributed by atoms with Gasteiger partial charge in [-0.25, -0.2) is 9.59 Å². The van der Waals surface area contributed by atoms with Crippen molar-refractivity contribution in [3.8, 4) is 0 Å². The minimum atomic E-state index is -2.27. The van der Waals surface area contributed by atoms with Crippen LogP contribution in [0.25, 0.3) is 0 Å². The van der Waals surface area contributed by atoms with Crippen LogP contribution in [0.15, 0.2) is 0 Å². The van der Waals surface area contributed by atoms with Crippen molar-refractivity contribution in [2.75, 3.05) is 0 Å². The highest BCUT2D eigenvalue weighted by molar-refractivity contribution is 5.83. The summed E-state index contributed by atoms with van der Waals surface area (Å²) in [7, 11) is 0. The maximum absolute atomic E-state index is 9.77. The van der Waals surface area contributed by atoms with Crippen LogP contribution in [0.2, 0.25) is 0 Å². The molecule has 0 spiro atoms. The van der Waals surface area contributed by atoms with Gasteiger partial charge in [0, 0.05) is 0 Å². The third kappa shape index (κ3) is 11.1. The van der Waals surface area contributed by atoms with Gasteiger partial charge in [-0.1, -0.05) is 46.0 Å². The molecule has 0 fully saturated rings. The predicted molar refractivity (Wildman–Crippen MR) is 61.7 cm³/mol. The Bertz CT molecular complexity index is 194. The zero-order valence-electron chi connectivity index (χ0n) is 10.3. The van der Waals surface area contributed by atoms with Crippen LogP contribution < -0.4 is 0 Å². The Balaban J connectivity index is 0. The lowest BCUT2D eigenvalue weighted by Gasteiger charge is -2.07. The molecule has 4 N–H and O–H groups in total. The molecule has 6 nitrogen and oxygen atoms in total. The van der Waals surface area contributed by atoms with Crippen LogP contribution in [-0.4, -0.2) is 44.6 Å². The Labute approximate surface area is 101 Å². The first-order valence-corrected chi connectivity index (χ1v) is 5.70. The summed E-state index contributed by atoms with van der Waals surface area (Å²) in [5.41, 5.74) is 0. The van der Waals surface area contributed by atoms with Gasteiger partial charge >= 0.3 is 11.9 Å². The summed E-state index contributed by atoms with van der Waals surface area (Å²) in [4.78, 5) is 19.5. The van der Waals surface area contributed by atoms with E-state index in [1.54, 1.807) is 0 Å². The highest BCUT2D eigenvalue weighted by atomic mass is 16.4. The average Bonchev–Trinajstić information content (AvgIpc) is 2.28. The molecule has 0 aliphatic rings. The molecule has 0 heterocycles. The number of rotatable bonds is 7. The van der Waals surface area contributed by atoms with Gasteiger partial charge in [0.2, 0.25) is 0 Å². The number of aliphatic hydroxyl groups excluding tert-OH is 2. The monoisotopic (exact) mass is 250 g/mol. The lowest BCUT2D eigenvalue weighted by Crippen LogP contribution is -2.39. The van der Waals surface area contributed by atoms with Gasteiger partial charge in [0.05, 0.1) is 0 Å². The smallest absolute Gasteiger partial charge is 0.335 e. The van der Waals surface area contributed by atoms with E-state index < -0.39 is 24.1 Å². The largest absolute Gasteiger partial charge is 0.479 e. The second kappa shape index (κ2) is 11.3. The topological polar surface area (TPSA) is 115 Å². The zero-order chi connectivity index (χ0) is 13.8. The summed E-state index contributed by atoms with van der Waals surface area (Å²) in [6.07, 6.45) is 2.48. The van der Waals surface area contributed by atoms with E-state index in [0.29, 0.717) is 0 Å². The Kier molecular flexibility index (Phi) is 12.2. The van der Waals surface area contributed by atoms with Crippen molar-refractivity contribution in [3.05, 3.63) is 0 Å². The molecule has 0 unspecified atom stereocenters. The Morgan fingerprint density at radius 2 is 1.12 bits per heavy atom. The molecule has 0 aromatic carbocycles. The van der Waals surface area contributed by atoms with E-state index in [9.17, 15) is 9.59 Å². The van der Waals surface area contributed by atoms with Crippen LogP contribution in [0.1, 0.15) is 46.0 Å². The summed E-state index contributed by atoms with van der Waals surface area (Å²) in [6, 6.07) is 0. The van der Waals surface area contributed by atoms with E-state index in [2.05, 4.69) is 13.8 Å².